The maximum atomic E-state index is 14.4. The molecule has 1 saturated heterocycles. The molecule has 0 saturated carbocycles. The third-order valence-electron chi connectivity index (χ3n) is 7.77. The Morgan fingerprint density at radius 2 is 2.03 bits per heavy atom. The molecule has 1 fully saturated rings. The van der Waals surface area contributed by atoms with Crippen LogP contribution in [0.15, 0.2) is 48.7 Å². The topological polar surface area (TPSA) is 101 Å². The van der Waals surface area contributed by atoms with E-state index in [0.29, 0.717) is 31.0 Å². The van der Waals surface area contributed by atoms with Gasteiger partial charge >= 0.3 is 0 Å². The zero-order valence-electron chi connectivity index (χ0n) is 21.6. The van der Waals surface area contributed by atoms with Gasteiger partial charge in [-0.05, 0) is 78.0 Å². The average Bonchev–Trinajstić information content (AvgIpc) is 3.48. The van der Waals surface area contributed by atoms with Crippen LogP contribution in [0.25, 0.3) is 0 Å². The smallest absolute Gasteiger partial charge is 0.264 e. The summed E-state index contributed by atoms with van der Waals surface area (Å²) in [5.41, 5.74) is 1.91. The zero-order valence-corrected chi connectivity index (χ0v) is 25.6. The van der Waals surface area contributed by atoms with Gasteiger partial charge in [0.05, 0.1) is 24.0 Å². The van der Waals surface area contributed by atoms with Gasteiger partial charge in [0.2, 0.25) is 0 Å². The summed E-state index contributed by atoms with van der Waals surface area (Å²) in [5, 5.41) is 18.0. The van der Waals surface area contributed by atoms with E-state index in [1.54, 1.807) is 9.58 Å². The highest BCUT2D eigenvalue weighted by atomic mass is 127. The van der Waals surface area contributed by atoms with Gasteiger partial charge in [-0.25, -0.2) is 0 Å². The van der Waals surface area contributed by atoms with Crippen molar-refractivity contribution in [3.63, 3.8) is 0 Å². The summed E-state index contributed by atoms with van der Waals surface area (Å²) < 4.78 is 9.68. The van der Waals surface area contributed by atoms with Crippen LogP contribution < -0.4 is 4.90 Å². The molecule has 38 heavy (non-hydrogen) atoms. The molecule has 0 unspecified atom stereocenters. The summed E-state index contributed by atoms with van der Waals surface area (Å²) in [4.78, 5) is 27.6. The molecular weight excluding hydrogens is 635 g/mol. The van der Waals surface area contributed by atoms with Gasteiger partial charge in [-0.2, -0.15) is 0 Å². The van der Waals surface area contributed by atoms with Crippen molar-refractivity contribution in [1.29, 1.82) is 0 Å². The van der Waals surface area contributed by atoms with Crippen molar-refractivity contribution in [3.8, 4) is 0 Å². The number of fused-ring (bicyclic) bond motifs is 2. The lowest BCUT2D eigenvalue weighted by molar-refractivity contribution is -0.146. The molecule has 0 bridgehead atoms. The maximum Gasteiger partial charge on any atom is 0.264 e. The molecule has 2 aromatic carbocycles. The maximum absolute atomic E-state index is 14.4. The van der Waals surface area contributed by atoms with Crippen molar-refractivity contribution in [2.75, 3.05) is 11.5 Å². The summed E-state index contributed by atoms with van der Waals surface area (Å²) in [6, 6.07) is 13.7. The molecule has 5 rings (SSSR count). The molecule has 202 valence electrons. The molecule has 0 radical (unpaired) electrons. The summed E-state index contributed by atoms with van der Waals surface area (Å²) >= 11 is 8.76. The van der Waals surface area contributed by atoms with E-state index in [1.807, 2.05) is 62.6 Å². The van der Waals surface area contributed by atoms with E-state index >= 15 is 0 Å². The molecule has 3 aromatic rings. The highest BCUT2D eigenvalue weighted by Gasteiger charge is 2.66. The Labute approximate surface area is 242 Å². The van der Waals surface area contributed by atoms with Gasteiger partial charge in [0.1, 0.15) is 0 Å². The minimum absolute atomic E-state index is 0.0134. The molecule has 1 spiro atoms. The van der Waals surface area contributed by atoms with Crippen LogP contribution in [0.5, 0.6) is 0 Å². The Bertz CT molecular complexity index is 1350. The Hall–Kier alpha value is -1.83. The highest BCUT2D eigenvalue weighted by molar-refractivity contribution is 14.1. The van der Waals surface area contributed by atoms with Gasteiger partial charge in [0, 0.05) is 51.4 Å². The van der Waals surface area contributed by atoms with Crippen LogP contribution in [0.2, 0.25) is 23.7 Å². The van der Waals surface area contributed by atoms with Crippen molar-refractivity contribution in [3.05, 3.63) is 74.1 Å². The largest absolute Gasteiger partial charge is 0.432 e. The van der Waals surface area contributed by atoms with Crippen LogP contribution in [0.3, 0.4) is 0 Å². The third kappa shape index (κ3) is 4.95. The SMILES string of the molecule is C[C@@H]1[C@@H]([Si](C)(C)O)[C@H](CCn2cc(CCO)nn2)O[C@@]12C(=O)N(Cc1cccc(I)c1)c1ccc(Cl)cc12. The van der Waals surface area contributed by atoms with Crippen LogP contribution in [0, 0.1) is 9.49 Å². The molecule has 8 nitrogen and oxygen atoms in total. The number of aliphatic hydroxyl groups excluding tert-OH is 1. The highest BCUT2D eigenvalue weighted by Crippen LogP contribution is 2.60. The number of carbonyl (C=O) groups excluding carboxylic acids is 1. The molecule has 1 amide bonds. The summed E-state index contributed by atoms with van der Waals surface area (Å²) in [6.07, 6.45) is 2.48. The van der Waals surface area contributed by atoms with Gasteiger partial charge in [0.15, 0.2) is 13.9 Å². The van der Waals surface area contributed by atoms with Crippen LogP contribution in [-0.2, 0) is 34.6 Å². The fourth-order valence-electron chi connectivity index (χ4n) is 6.23. The van der Waals surface area contributed by atoms with Crippen LogP contribution in [0.1, 0.15) is 30.2 Å². The number of benzene rings is 2. The van der Waals surface area contributed by atoms with Gasteiger partial charge in [-0.3, -0.25) is 9.48 Å². The van der Waals surface area contributed by atoms with E-state index in [4.69, 9.17) is 16.3 Å². The monoisotopic (exact) mass is 666 g/mol. The molecule has 11 heteroatoms. The van der Waals surface area contributed by atoms with Crippen molar-refractivity contribution in [2.45, 2.75) is 63.2 Å². The predicted octanol–water partition coefficient (Wildman–Crippen LogP) is 4.51. The number of aryl methyl sites for hydroxylation is 1. The number of ether oxygens (including phenoxy) is 1. The molecule has 1 aromatic heterocycles. The van der Waals surface area contributed by atoms with Crippen LogP contribution >= 0.6 is 34.2 Å². The predicted molar refractivity (Wildman–Crippen MR) is 156 cm³/mol. The van der Waals surface area contributed by atoms with Crippen molar-refractivity contribution < 1.29 is 19.4 Å². The number of aromatic nitrogens is 3. The minimum atomic E-state index is -2.77. The summed E-state index contributed by atoms with van der Waals surface area (Å²) in [7, 11) is -2.77. The van der Waals surface area contributed by atoms with Crippen molar-refractivity contribution in [2.24, 2.45) is 5.92 Å². The normalized spacial score (nSPS) is 25.0. The lowest BCUT2D eigenvalue weighted by Gasteiger charge is -2.32. The molecular formula is C27H32ClIN4O4Si. The quantitative estimate of drug-likeness (QED) is 0.271. The molecule has 4 atom stereocenters. The first-order valence-corrected chi connectivity index (χ1v) is 17.3. The number of nitrogens with zero attached hydrogens (tertiary/aromatic N) is 4. The first-order chi connectivity index (χ1) is 18.0. The van der Waals surface area contributed by atoms with E-state index < -0.39 is 13.9 Å². The number of carbonyl (C=O) groups is 1. The van der Waals surface area contributed by atoms with E-state index in [1.165, 1.54) is 0 Å². The van der Waals surface area contributed by atoms with E-state index in [0.717, 1.165) is 26.1 Å². The fourth-order valence-corrected chi connectivity index (χ4v) is 9.61. The van der Waals surface area contributed by atoms with Gasteiger partial charge in [0.25, 0.3) is 5.91 Å². The van der Waals surface area contributed by atoms with Crippen molar-refractivity contribution >= 4 is 54.1 Å². The number of halogens is 2. The standard InChI is InChI=1S/C27H32ClIN4O4Si/c1-17-25(38(2,3)36)24(9-11-32-16-21(10-12-34)30-31-32)37-27(17)22-14-19(28)7-8-23(22)33(26(27)35)15-18-5-4-6-20(29)13-18/h4-8,13-14,16-17,24-25,34,36H,9-12,15H2,1-3H3/t17-,24+,25-,27+/m1/s1. The average molecular weight is 667 g/mol. The number of hydrogen-bond acceptors (Lipinski definition) is 6. The van der Waals surface area contributed by atoms with Gasteiger partial charge in [-0.1, -0.05) is 35.9 Å². The molecule has 2 aliphatic rings. The van der Waals surface area contributed by atoms with Gasteiger partial charge in [-0.15, -0.1) is 5.10 Å². The second-order valence-electron chi connectivity index (χ2n) is 10.8. The second kappa shape index (κ2) is 10.6. The first kappa shape index (κ1) is 27.7. The molecule has 2 N–H and O–H groups in total. The van der Waals surface area contributed by atoms with Crippen molar-refractivity contribution in [1.82, 2.24) is 15.0 Å². The summed E-state index contributed by atoms with van der Waals surface area (Å²) in [5.74, 6) is -0.372. The van der Waals surface area contributed by atoms with E-state index in [-0.39, 0.29) is 30.1 Å². The second-order valence-corrected chi connectivity index (χ2v) is 16.4. The number of hydrogen-bond donors (Lipinski definition) is 2. The lowest BCUT2D eigenvalue weighted by Crippen LogP contribution is -2.46. The number of amides is 1. The fraction of sp³-hybridized carbons (Fsp3) is 0.444. The third-order valence-corrected chi connectivity index (χ3v) is 11.2. The molecule has 3 heterocycles. The first-order valence-electron chi connectivity index (χ1n) is 12.8. The Balaban J connectivity index is 1.51. The minimum Gasteiger partial charge on any atom is -0.432 e. The van der Waals surface area contributed by atoms with Crippen LogP contribution in [-0.4, -0.2) is 51.8 Å². The number of anilines is 1. The molecule has 0 aliphatic carbocycles. The van der Waals surface area contributed by atoms with Crippen LogP contribution in [0.4, 0.5) is 5.69 Å². The van der Waals surface area contributed by atoms with E-state index in [2.05, 4.69) is 39.0 Å². The Morgan fingerprint density at radius 1 is 1.24 bits per heavy atom. The van der Waals surface area contributed by atoms with Gasteiger partial charge < -0.3 is 19.5 Å². The number of aliphatic hydroxyl groups is 1. The Kier molecular flexibility index (Phi) is 7.75. The Morgan fingerprint density at radius 3 is 2.74 bits per heavy atom. The summed E-state index contributed by atoms with van der Waals surface area (Å²) in [6.45, 7) is 6.82. The lowest BCUT2D eigenvalue weighted by atomic mass is 9.82. The molecule has 2 aliphatic heterocycles. The zero-order chi connectivity index (χ0) is 27.2. The number of rotatable bonds is 8. The van der Waals surface area contributed by atoms with E-state index in [9.17, 15) is 14.7 Å².